The first-order valence-corrected chi connectivity index (χ1v) is 7.41. The second kappa shape index (κ2) is 8.70. The molecule has 1 heterocycles. The molecule has 0 saturated heterocycles. The van der Waals surface area contributed by atoms with Crippen molar-refractivity contribution >= 4 is 11.8 Å². The molecule has 1 rings (SSSR count). The highest BCUT2D eigenvalue weighted by molar-refractivity contribution is 5.94. The number of nitrogens with two attached hydrogens (primary N) is 1. The first-order valence-electron chi connectivity index (χ1n) is 7.41. The van der Waals surface area contributed by atoms with Gasteiger partial charge in [0, 0.05) is 5.56 Å². The normalized spacial score (nSPS) is 15.8. The lowest BCUT2D eigenvalue weighted by molar-refractivity contribution is -0.116. The van der Waals surface area contributed by atoms with Crippen LogP contribution >= 0.6 is 0 Å². The van der Waals surface area contributed by atoms with Gasteiger partial charge >= 0.3 is 5.97 Å². The zero-order chi connectivity index (χ0) is 19.3. The number of aryl methyl sites for hydroxylation is 1. The molecule has 4 atom stereocenters. The molecule has 0 aromatic carbocycles. The number of hydrogen-bond donors (Lipinski definition) is 6. The molecule has 0 fully saturated rings. The molecule has 0 amide bonds. The van der Waals surface area contributed by atoms with Gasteiger partial charge in [-0.25, -0.2) is 9.78 Å². The molecule has 0 aliphatic rings. The number of anilines is 1. The standard InChI is InChI=1S/C15H21N3O7/c1-3-25-15(24)9-6(2)18-14(17)7(4-16)10(9)12(22)13(23)11(21)8(20)5-19/h8,11-13,19-23H,3,5H2,1-2H3,(H2,17,18). The third kappa shape index (κ3) is 4.22. The van der Waals surface area contributed by atoms with Gasteiger partial charge in [-0.15, -0.1) is 0 Å². The number of carbonyl (C=O) groups is 1. The molecule has 138 valence electrons. The Labute approximate surface area is 143 Å². The Kier molecular flexibility index (Phi) is 7.22. The lowest BCUT2D eigenvalue weighted by Crippen LogP contribution is -2.43. The number of nitrogen functional groups attached to an aromatic ring is 1. The maximum Gasteiger partial charge on any atom is 0.340 e. The van der Waals surface area contributed by atoms with E-state index in [4.69, 9.17) is 15.6 Å². The van der Waals surface area contributed by atoms with Crippen molar-refractivity contribution in [1.29, 1.82) is 5.26 Å². The number of pyridine rings is 1. The van der Waals surface area contributed by atoms with Crippen molar-refractivity contribution in [3.05, 3.63) is 22.4 Å². The number of aliphatic hydroxyl groups is 5. The van der Waals surface area contributed by atoms with Crippen LogP contribution < -0.4 is 5.73 Å². The summed E-state index contributed by atoms with van der Waals surface area (Å²) in [6, 6.07) is 1.69. The number of carbonyl (C=O) groups excluding carboxylic acids is 1. The summed E-state index contributed by atoms with van der Waals surface area (Å²) >= 11 is 0. The highest BCUT2D eigenvalue weighted by atomic mass is 16.5. The summed E-state index contributed by atoms with van der Waals surface area (Å²) < 4.78 is 4.87. The van der Waals surface area contributed by atoms with Crippen molar-refractivity contribution in [2.45, 2.75) is 38.3 Å². The first kappa shape index (κ1) is 20.8. The number of nitriles is 1. The molecule has 0 bridgehead atoms. The van der Waals surface area contributed by atoms with Crippen molar-refractivity contribution in [2.24, 2.45) is 0 Å². The number of rotatable bonds is 7. The van der Waals surface area contributed by atoms with E-state index < -0.39 is 37.0 Å². The maximum absolute atomic E-state index is 12.2. The Hall–Kier alpha value is -2.29. The van der Waals surface area contributed by atoms with E-state index >= 15 is 0 Å². The van der Waals surface area contributed by atoms with Gasteiger partial charge in [-0.05, 0) is 13.8 Å². The monoisotopic (exact) mass is 355 g/mol. The molecule has 0 radical (unpaired) electrons. The van der Waals surface area contributed by atoms with Crippen molar-refractivity contribution in [1.82, 2.24) is 4.98 Å². The summed E-state index contributed by atoms with van der Waals surface area (Å²) in [6.45, 7) is 2.08. The fourth-order valence-electron chi connectivity index (χ4n) is 2.32. The van der Waals surface area contributed by atoms with Crippen LogP contribution in [0.25, 0.3) is 0 Å². The second-order valence-corrected chi connectivity index (χ2v) is 5.25. The molecular weight excluding hydrogens is 334 g/mol. The van der Waals surface area contributed by atoms with E-state index in [1.165, 1.54) is 6.92 Å². The Balaban J connectivity index is 3.54. The lowest BCUT2D eigenvalue weighted by Gasteiger charge is -2.27. The van der Waals surface area contributed by atoms with Crippen molar-refractivity contribution in [3.63, 3.8) is 0 Å². The number of esters is 1. The van der Waals surface area contributed by atoms with E-state index in [1.54, 1.807) is 13.0 Å². The van der Waals surface area contributed by atoms with E-state index in [0.29, 0.717) is 0 Å². The number of ether oxygens (including phenoxy) is 1. The van der Waals surface area contributed by atoms with Gasteiger partial charge in [0.2, 0.25) is 0 Å². The fourth-order valence-corrected chi connectivity index (χ4v) is 2.32. The summed E-state index contributed by atoms with van der Waals surface area (Å²) in [5, 5.41) is 57.8. The molecular formula is C15H21N3O7. The fraction of sp³-hybridized carbons (Fsp3) is 0.533. The summed E-state index contributed by atoms with van der Waals surface area (Å²) in [6.07, 6.45) is -7.70. The smallest absolute Gasteiger partial charge is 0.340 e. The molecule has 4 unspecified atom stereocenters. The number of aliphatic hydroxyl groups excluding tert-OH is 5. The minimum Gasteiger partial charge on any atom is -0.462 e. The molecule has 25 heavy (non-hydrogen) atoms. The minimum atomic E-state index is -2.02. The average Bonchev–Trinajstić information content (AvgIpc) is 2.58. The zero-order valence-corrected chi connectivity index (χ0v) is 13.7. The topological polar surface area (TPSA) is 190 Å². The Morgan fingerprint density at radius 3 is 2.40 bits per heavy atom. The van der Waals surface area contributed by atoms with Gasteiger partial charge in [0.05, 0.1) is 24.5 Å². The van der Waals surface area contributed by atoms with Crippen molar-refractivity contribution < 1.29 is 35.1 Å². The highest BCUT2D eigenvalue weighted by Crippen LogP contribution is 2.31. The zero-order valence-electron chi connectivity index (χ0n) is 13.7. The largest absolute Gasteiger partial charge is 0.462 e. The number of nitrogens with zero attached hydrogens (tertiary/aromatic N) is 2. The van der Waals surface area contributed by atoms with Crippen LogP contribution in [0.5, 0.6) is 0 Å². The van der Waals surface area contributed by atoms with Crippen molar-refractivity contribution in [3.8, 4) is 6.07 Å². The molecule has 10 nitrogen and oxygen atoms in total. The van der Waals surface area contributed by atoms with Crippen LogP contribution in [0.4, 0.5) is 5.82 Å². The molecule has 1 aromatic rings. The molecule has 0 saturated carbocycles. The van der Waals surface area contributed by atoms with Crippen LogP contribution in [0.1, 0.15) is 40.2 Å². The lowest BCUT2D eigenvalue weighted by atomic mass is 9.90. The average molecular weight is 355 g/mol. The van der Waals surface area contributed by atoms with Crippen LogP contribution in [0.3, 0.4) is 0 Å². The SMILES string of the molecule is CCOC(=O)c1c(C)nc(N)c(C#N)c1C(O)C(O)C(O)C(O)CO. The van der Waals surface area contributed by atoms with Gasteiger partial charge < -0.3 is 36.0 Å². The van der Waals surface area contributed by atoms with E-state index in [9.17, 15) is 30.5 Å². The van der Waals surface area contributed by atoms with Crippen molar-refractivity contribution in [2.75, 3.05) is 18.9 Å². The van der Waals surface area contributed by atoms with Gasteiger partial charge in [0.15, 0.2) is 0 Å². The summed E-state index contributed by atoms with van der Waals surface area (Å²) in [4.78, 5) is 16.1. The van der Waals surface area contributed by atoms with Crippen LogP contribution in [-0.4, -0.2) is 68.0 Å². The molecule has 0 spiro atoms. The molecule has 0 aliphatic carbocycles. The van der Waals surface area contributed by atoms with E-state index in [-0.39, 0.29) is 34.8 Å². The van der Waals surface area contributed by atoms with Gasteiger partial charge in [0.25, 0.3) is 0 Å². The van der Waals surface area contributed by atoms with E-state index in [2.05, 4.69) is 4.98 Å². The van der Waals surface area contributed by atoms with Gasteiger partial charge in [0.1, 0.15) is 41.9 Å². The van der Waals surface area contributed by atoms with Gasteiger partial charge in [-0.3, -0.25) is 0 Å². The summed E-state index contributed by atoms with van der Waals surface area (Å²) in [5.41, 5.74) is 4.68. The van der Waals surface area contributed by atoms with Crippen LogP contribution in [0.15, 0.2) is 0 Å². The quantitative estimate of drug-likeness (QED) is 0.302. The minimum absolute atomic E-state index is 0.00841. The van der Waals surface area contributed by atoms with Gasteiger partial charge in [-0.1, -0.05) is 0 Å². The third-order valence-electron chi connectivity index (χ3n) is 3.59. The van der Waals surface area contributed by atoms with Crippen LogP contribution in [0, 0.1) is 18.3 Å². The van der Waals surface area contributed by atoms with E-state index in [1.807, 2.05) is 0 Å². The molecule has 1 aromatic heterocycles. The molecule has 10 heteroatoms. The van der Waals surface area contributed by atoms with Gasteiger partial charge in [-0.2, -0.15) is 5.26 Å². The Morgan fingerprint density at radius 2 is 1.92 bits per heavy atom. The predicted octanol–water partition coefficient (Wildman–Crippen LogP) is -1.87. The Morgan fingerprint density at radius 1 is 1.32 bits per heavy atom. The predicted molar refractivity (Wildman–Crippen MR) is 84.1 cm³/mol. The Bertz CT molecular complexity index is 674. The van der Waals surface area contributed by atoms with Crippen LogP contribution in [0.2, 0.25) is 0 Å². The second-order valence-electron chi connectivity index (χ2n) is 5.25. The molecule has 0 aliphatic heterocycles. The summed E-state index contributed by atoms with van der Waals surface area (Å²) in [7, 11) is 0. The van der Waals surface area contributed by atoms with E-state index in [0.717, 1.165) is 0 Å². The number of hydrogen-bond acceptors (Lipinski definition) is 10. The molecule has 7 N–H and O–H groups in total. The third-order valence-corrected chi connectivity index (χ3v) is 3.59. The maximum atomic E-state index is 12.2. The highest BCUT2D eigenvalue weighted by Gasteiger charge is 2.36. The first-order chi connectivity index (χ1) is 11.7. The number of aromatic nitrogens is 1. The van der Waals surface area contributed by atoms with Crippen LogP contribution in [-0.2, 0) is 4.74 Å². The summed E-state index contributed by atoms with van der Waals surface area (Å²) in [5.74, 6) is -1.19.